The van der Waals surface area contributed by atoms with Crippen molar-refractivity contribution in [2.45, 2.75) is 41.0 Å². The van der Waals surface area contributed by atoms with Gasteiger partial charge in [0, 0.05) is 81.8 Å². The molecule has 3 heterocycles. The summed E-state index contributed by atoms with van der Waals surface area (Å²) in [6, 6.07) is 57.7. The maximum absolute atomic E-state index is 13.6. The van der Waals surface area contributed by atoms with Crippen molar-refractivity contribution in [3.05, 3.63) is 247 Å². The van der Waals surface area contributed by atoms with Crippen LogP contribution in [0.1, 0.15) is 84.0 Å². The van der Waals surface area contributed by atoms with E-state index in [0.717, 1.165) is 132 Å². The summed E-state index contributed by atoms with van der Waals surface area (Å²) >= 11 is 10.2. The predicted molar refractivity (Wildman–Crippen MR) is 388 cm³/mol. The van der Waals surface area contributed by atoms with Crippen LogP contribution < -0.4 is 30.2 Å². The van der Waals surface area contributed by atoms with Gasteiger partial charge in [-0.3, -0.25) is 14.4 Å². The molecular formula is C78H73ClFN3O9S3. The highest BCUT2D eigenvalue weighted by Gasteiger charge is 2.26. The highest BCUT2D eigenvalue weighted by molar-refractivity contribution is 7.22. The van der Waals surface area contributed by atoms with Crippen LogP contribution in [0.5, 0.6) is 34.5 Å². The van der Waals surface area contributed by atoms with Crippen molar-refractivity contribution in [3.8, 4) is 67.9 Å². The molecule has 9 aromatic carbocycles. The molecule has 17 heteroatoms. The molecule has 12 rings (SSSR count). The Morgan fingerprint density at radius 2 is 0.811 bits per heavy atom. The molecule has 0 aliphatic carbocycles. The minimum absolute atomic E-state index is 0.0139. The molecule has 95 heavy (non-hydrogen) atoms. The van der Waals surface area contributed by atoms with E-state index in [1.54, 1.807) is 61.5 Å². The molecule has 12 nitrogen and oxygen atoms in total. The Kier molecular flexibility index (Phi) is 23.7. The summed E-state index contributed by atoms with van der Waals surface area (Å²) in [6.45, 7) is 16.9. The molecule has 3 aromatic heterocycles. The summed E-state index contributed by atoms with van der Waals surface area (Å²) in [5, 5.41) is 43.0. The number of hydrogen-bond donors (Lipinski definition) is 6. The van der Waals surface area contributed by atoms with Crippen LogP contribution in [-0.4, -0.2) is 91.8 Å². The van der Waals surface area contributed by atoms with Gasteiger partial charge in [-0.1, -0.05) is 99.1 Å². The largest absolute Gasteiger partial charge is 0.508 e. The molecule has 0 spiro atoms. The topological polar surface area (TPSA) is 176 Å². The monoisotopic (exact) mass is 1350 g/mol. The summed E-state index contributed by atoms with van der Waals surface area (Å²) in [5.74, 6) is 2.27. The number of hydrogen-bond acceptors (Lipinski definition) is 15. The van der Waals surface area contributed by atoms with Crippen molar-refractivity contribution in [1.29, 1.82) is 0 Å². The minimum Gasteiger partial charge on any atom is -0.508 e. The molecule has 0 unspecified atom stereocenters. The third-order valence-electron chi connectivity index (χ3n) is 15.6. The van der Waals surface area contributed by atoms with Gasteiger partial charge in [0.25, 0.3) is 0 Å². The van der Waals surface area contributed by atoms with Gasteiger partial charge in [0.15, 0.2) is 0 Å². The number of phenols is 3. The van der Waals surface area contributed by atoms with Gasteiger partial charge in [-0.15, -0.1) is 34.0 Å². The number of aryl methyl sites for hydroxylation is 2. The average molecular weight is 1350 g/mol. The molecule has 0 atom stereocenters. The zero-order valence-corrected chi connectivity index (χ0v) is 56.5. The fraction of sp³-hybridized carbons (Fsp3) is 0.192. The normalized spacial score (nSPS) is 11.1. The number of fused-ring (bicyclic) bond motifs is 3. The van der Waals surface area contributed by atoms with E-state index in [1.165, 1.54) is 52.2 Å². The maximum atomic E-state index is 13.6. The smallest absolute Gasteiger partial charge is 0.203 e. The molecule has 486 valence electrons. The van der Waals surface area contributed by atoms with Crippen molar-refractivity contribution in [1.82, 2.24) is 16.0 Å². The minimum atomic E-state index is -0.370. The molecule has 12 aromatic rings. The third-order valence-corrected chi connectivity index (χ3v) is 19.3. The van der Waals surface area contributed by atoms with Gasteiger partial charge < -0.3 is 45.5 Å². The molecule has 0 fully saturated rings. The van der Waals surface area contributed by atoms with Crippen LogP contribution in [0.25, 0.3) is 63.6 Å². The lowest BCUT2D eigenvalue weighted by Crippen LogP contribution is -2.20. The standard InChI is InChI=1S/C26H24ClNO3S.C26H24FNO3S.C26H25NO3S/c2*1-3-28-12-13-31-20-8-4-17(5-9-20)24-22-11-7-19(29)15-23(22)32-26(24)25(30)21-10-6-18(27)14-16(21)2;1-2-27-15-6-16-30-21-12-9-18(10-13-21)24-22-14-11-20(28)17-23(22)31-26(24)25(29)19-7-4-3-5-8-19/h2*4-11,14-15,28-29H,3,12-13H2,1-2H3;3-5,7-14,17,27-28H,2,6,15-16H2,1H3. The fourth-order valence-electron chi connectivity index (χ4n) is 10.9. The van der Waals surface area contributed by atoms with E-state index in [1.807, 2.05) is 135 Å². The number of phenolic OH excluding ortho intramolecular Hbond substituents is 3. The highest BCUT2D eigenvalue weighted by atomic mass is 35.5. The SMILES string of the molecule is CCNCCCOc1ccc(-c2c(C(=O)c3ccccc3)sc3cc(O)ccc23)cc1.CCNCCOc1ccc(-c2c(C(=O)c3ccc(Cl)cc3C)sc3cc(O)ccc23)cc1.CCNCCOc1ccc(-c2c(C(=O)c3ccc(F)cc3C)sc3cc(O)ccc23)cc1. The number of thiophene rings is 3. The molecular weight excluding hydrogens is 1270 g/mol. The van der Waals surface area contributed by atoms with Gasteiger partial charge in [0.1, 0.15) is 53.5 Å². The maximum Gasteiger partial charge on any atom is 0.203 e. The van der Waals surface area contributed by atoms with Gasteiger partial charge >= 0.3 is 0 Å². The van der Waals surface area contributed by atoms with Crippen LogP contribution in [0.15, 0.2) is 194 Å². The van der Waals surface area contributed by atoms with Gasteiger partial charge in [-0.2, -0.15) is 0 Å². The number of benzene rings is 9. The number of ketones is 3. The lowest BCUT2D eigenvalue weighted by Gasteiger charge is -2.10. The Hall–Kier alpha value is -9.23. The van der Waals surface area contributed by atoms with E-state index in [-0.39, 0.29) is 40.4 Å². The number of aromatic hydroxyl groups is 3. The van der Waals surface area contributed by atoms with Crippen LogP contribution in [0.3, 0.4) is 0 Å². The number of halogens is 2. The van der Waals surface area contributed by atoms with E-state index < -0.39 is 0 Å². The second-order valence-electron chi connectivity index (χ2n) is 22.3. The summed E-state index contributed by atoms with van der Waals surface area (Å²) in [4.78, 5) is 42.2. The van der Waals surface area contributed by atoms with Gasteiger partial charge in [-0.25, -0.2) is 4.39 Å². The first-order chi connectivity index (χ1) is 46.1. The molecule has 6 N–H and O–H groups in total. The number of ether oxygens (including phenoxy) is 3. The summed E-state index contributed by atoms with van der Waals surface area (Å²) < 4.78 is 33.5. The number of carbonyl (C=O) groups excluding carboxylic acids is 3. The summed E-state index contributed by atoms with van der Waals surface area (Å²) in [6.07, 6.45) is 0.948. The molecule has 0 aliphatic heterocycles. The lowest BCUT2D eigenvalue weighted by atomic mass is 9.96. The fourth-order valence-corrected chi connectivity index (χ4v) is 14.7. The van der Waals surface area contributed by atoms with Crippen LogP contribution in [0.4, 0.5) is 4.39 Å². The third kappa shape index (κ3) is 17.0. The van der Waals surface area contributed by atoms with Crippen molar-refractivity contribution < 1.29 is 48.3 Å². The zero-order chi connectivity index (χ0) is 67.0. The second-order valence-corrected chi connectivity index (χ2v) is 25.9. The van der Waals surface area contributed by atoms with Crippen LogP contribution in [-0.2, 0) is 0 Å². The van der Waals surface area contributed by atoms with E-state index in [9.17, 15) is 34.1 Å². The average Bonchev–Trinajstić information content (AvgIpc) is 1.64. The van der Waals surface area contributed by atoms with Crippen LogP contribution in [0, 0.1) is 19.7 Å². The molecule has 0 aliphatic rings. The first kappa shape index (κ1) is 68.6. The van der Waals surface area contributed by atoms with Gasteiger partial charge in [-0.05, 0) is 202 Å². The van der Waals surface area contributed by atoms with Gasteiger partial charge in [0.05, 0.1) is 21.2 Å². The first-order valence-corrected chi connectivity index (χ1v) is 34.2. The Bertz CT molecular complexity index is 4430. The Morgan fingerprint density at radius 1 is 0.432 bits per heavy atom. The molecule has 0 saturated carbocycles. The number of nitrogens with one attached hydrogen (secondary N) is 3. The predicted octanol–water partition coefficient (Wildman–Crippen LogP) is 18.3. The van der Waals surface area contributed by atoms with E-state index in [0.29, 0.717) is 61.7 Å². The summed E-state index contributed by atoms with van der Waals surface area (Å²) in [7, 11) is 0. The quantitative estimate of drug-likeness (QED) is 0.0236. The lowest BCUT2D eigenvalue weighted by molar-refractivity contribution is 0.103. The molecule has 0 amide bonds. The van der Waals surface area contributed by atoms with Gasteiger partial charge in [0.2, 0.25) is 17.3 Å². The van der Waals surface area contributed by atoms with Crippen molar-refractivity contribution >= 4 is 93.2 Å². The zero-order valence-electron chi connectivity index (χ0n) is 53.3. The molecule has 0 radical (unpaired) electrons. The molecule has 0 bridgehead atoms. The Balaban J connectivity index is 0.000000155. The first-order valence-electron chi connectivity index (χ1n) is 31.4. The van der Waals surface area contributed by atoms with Crippen molar-refractivity contribution in [2.75, 3.05) is 59.1 Å². The number of carbonyl (C=O) groups is 3. The summed E-state index contributed by atoms with van der Waals surface area (Å²) in [5.41, 5.74) is 8.48. The van der Waals surface area contributed by atoms with E-state index >= 15 is 0 Å². The Morgan fingerprint density at radius 3 is 1.21 bits per heavy atom. The number of rotatable bonds is 25. The second kappa shape index (κ2) is 32.8. The van der Waals surface area contributed by atoms with E-state index in [2.05, 4.69) is 29.8 Å². The molecule has 0 saturated heterocycles. The Labute approximate surface area is 569 Å². The van der Waals surface area contributed by atoms with Crippen LogP contribution in [0.2, 0.25) is 5.02 Å². The van der Waals surface area contributed by atoms with Crippen molar-refractivity contribution in [2.24, 2.45) is 0 Å². The number of likely N-dealkylation sites (N-methyl/N-ethyl adjacent to an activating group) is 2. The highest BCUT2D eigenvalue weighted by Crippen LogP contribution is 2.45. The van der Waals surface area contributed by atoms with Crippen molar-refractivity contribution in [3.63, 3.8) is 0 Å². The van der Waals surface area contributed by atoms with E-state index in [4.69, 9.17) is 25.8 Å². The van der Waals surface area contributed by atoms with Crippen LogP contribution >= 0.6 is 45.6 Å².